The van der Waals surface area contributed by atoms with E-state index in [2.05, 4.69) is 22.4 Å². The topological polar surface area (TPSA) is 92.3 Å². The lowest BCUT2D eigenvalue weighted by molar-refractivity contribution is -0.120. The van der Waals surface area contributed by atoms with E-state index >= 15 is 0 Å². The minimum absolute atomic E-state index is 0.0805. The van der Waals surface area contributed by atoms with Crippen LogP contribution in [-0.2, 0) is 21.2 Å². The molecule has 0 saturated carbocycles. The lowest BCUT2D eigenvalue weighted by Gasteiger charge is -2.33. The van der Waals surface area contributed by atoms with Gasteiger partial charge in [-0.25, -0.2) is 8.42 Å². The molecule has 2 heterocycles. The molecule has 0 radical (unpaired) electrons. The average molecular weight is 389 g/mol. The first-order chi connectivity index (χ1) is 12.0. The molecule has 1 fully saturated rings. The summed E-state index contributed by atoms with van der Waals surface area (Å²) < 4.78 is 26.2. The zero-order valence-corrected chi connectivity index (χ0v) is 16.7. The number of hydrogen-bond acceptors (Lipinski definition) is 6. The monoisotopic (exact) mass is 388 g/mol. The molecule has 1 aliphatic heterocycles. The highest BCUT2D eigenvalue weighted by molar-refractivity contribution is 7.89. The van der Waals surface area contributed by atoms with Crippen LogP contribution in [0.5, 0.6) is 0 Å². The van der Waals surface area contributed by atoms with Gasteiger partial charge in [0.1, 0.15) is 11.0 Å². The third-order valence-electron chi connectivity index (χ3n) is 4.27. The van der Waals surface area contributed by atoms with Crippen molar-refractivity contribution in [3.63, 3.8) is 0 Å². The summed E-state index contributed by atoms with van der Waals surface area (Å²) in [4.78, 5) is 12.6. The van der Waals surface area contributed by atoms with E-state index in [-0.39, 0.29) is 11.7 Å². The number of anilines is 1. The van der Waals surface area contributed by atoms with E-state index in [0.717, 1.165) is 43.5 Å². The Morgan fingerprint density at radius 3 is 2.76 bits per heavy atom. The molecule has 1 N–H and O–H groups in total. The van der Waals surface area contributed by atoms with Crippen LogP contribution >= 0.6 is 11.3 Å². The second-order valence-corrected chi connectivity index (χ2v) is 9.49. The zero-order chi connectivity index (χ0) is 18.3. The van der Waals surface area contributed by atoms with E-state index in [4.69, 9.17) is 0 Å². The van der Waals surface area contributed by atoms with Crippen LogP contribution in [0.1, 0.15) is 63.8 Å². The summed E-state index contributed by atoms with van der Waals surface area (Å²) in [7, 11) is -3.39. The van der Waals surface area contributed by atoms with Crippen LogP contribution in [0.2, 0.25) is 0 Å². The second kappa shape index (κ2) is 9.59. The molecule has 1 atom stereocenters. The van der Waals surface area contributed by atoms with E-state index in [9.17, 15) is 13.2 Å². The minimum atomic E-state index is -3.39. The maximum atomic E-state index is 12.6. The van der Waals surface area contributed by atoms with Gasteiger partial charge in [-0.3, -0.25) is 10.1 Å². The molecule has 1 amide bonds. The van der Waals surface area contributed by atoms with Crippen molar-refractivity contribution in [3.8, 4) is 0 Å². The molecule has 0 aromatic carbocycles. The van der Waals surface area contributed by atoms with Gasteiger partial charge < -0.3 is 0 Å². The summed E-state index contributed by atoms with van der Waals surface area (Å²) in [6, 6.07) is -0.641. The summed E-state index contributed by atoms with van der Waals surface area (Å²) in [5, 5.41) is 12.3. The highest BCUT2D eigenvalue weighted by Crippen LogP contribution is 2.24. The molecule has 1 unspecified atom stereocenters. The number of carbonyl (C=O) groups is 1. The van der Waals surface area contributed by atoms with Crippen LogP contribution in [0.15, 0.2) is 0 Å². The number of hydrogen-bond donors (Lipinski definition) is 1. The molecule has 9 heteroatoms. The summed E-state index contributed by atoms with van der Waals surface area (Å²) in [5.74, 6) is -0.215. The number of carbonyl (C=O) groups excluding carboxylic acids is 1. The Morgan fingerprint density at radius 2 is 2.04 bits per heavy atom. The fourth-order valence-corrected chi connectivity index (χ4v) is 5.53. The Kier molecular flexibility index (Phi) is 7.77. The van der Waals surface area contributed by atoms with Gasteiger partial charge in [0.15, 0.2) is 0 Å². The van der Waals surface area contributed by atoms with E-state index < -0.39 is 16.1 Å². The van der Waals surface area contributed by atoms with Crippen molar-refractivity contribution in [1.29, 1.82) is 0 Å². The number of amides is 1. The Hall–Kier alpha value is -1.06. The van der Waals surface area contributed by atoms with Crippen LogP contribution in [0, 0.1) is 0 Å². The predicted octanol–water partition coefficient (Wildman–Crippen LogP) is 2.80. The molecule has 0 bridgehead atoms. The second-order valence-electron chi connectivity index (χ2n) is 6.39. The fraction of sp³-hybridized carbons (Fsp3) is 0.812. The van der Waals surface area contributed by atoms with Crippen molar-refractivity contribution in [2.45, 2.75) is 71.3 Å². The molecule has 25 heavy (non-hydrogen) atoms. The van der Waals surface area contributed by atoms with Gasteiger partial charge in [-0.1, -0.05) is 44.4 Å². The first kappa shape index (κ1) is 20.3. The van der Waals surface area contributed by atoms with Crippen molar-refractivity contribution < 1.29 is 13.2 Å². The van der Waals surface area contributed by atoms with Crippen LogP contribution in [0.3, 0.4) is 0 Å². The molecule has 1 aromatic heterocycles. The molecule has 0 spiro atoms. The smallest absolute Gasteiger partial charge is 0.244 e. The molecule has 1 saturated heterocycles. The lowest BCUT2D eigenvalue weighted by Crippen LogP contribution is -2.50. The Balaban J connectivity index is 2.00. The van der Waals surface area contributed by atoms with E-state index in [1.807, 2.05) is 6.92 Å². The first-order valence-electron chi connectivity index (χ1n) is 9.10. The minimum Gasteiger partial charge on any atom is -0.299 e. The van der Waals surface area contributed by atoms with E-state index in [1.54, 1.807) is 0 Å². The van der Waals surface area contributed by atoms with Gasteiger partial charge in [-0.2, -0.15) is 4.31 Å². The normalized spacial score (nSPS) is 19.0. The molecular weight excluding hydrogens is 360 g/mol. The van der Waals surface area contributed by atoms with Crippen LogP contribution in [0.4, 0.5) is 5.13 Å². The average Bonchev–Trinajstić information content (AvgIpc) is 3.02. The number of nitrogens with zero attached hydrogens (tertiary/aromatic N) is 3. The molecule has 1 aromatic rings. The van der Waals surface area contributed by atoms with Gasteiger partial charge in [0.25, 0.3) is 0 Å². The number of unbranched alkanes of at least 4 members (excludes halogenated alkanes) is 2. The molecule has 142 valence electrons. The molecule has 2 rings (SSSR count). The highest BCUT2D eigenvalue weighted by atomic mass is 32.2. The summed E-state index contributed by atoms with van der Waals surface area (Å²) in [6.45, 7) is 4.39. The van der Waals surface area contributed by atoms with E-state index in [1.165, 1.54) is 15.6 Å². The third kappa shape index (κ3) is 5.72. The first-order valence-corrected chi connectivity index (χ1v) is 11.5. The van der Waals surface area contributed by atoms with Crippen LogP contribution < -0.4 is 5.32 Å². The van der Waals surface area contributed by atoms with E-state index in [0.29, 0.717) is 24.5 Å². The molecular formula is C16H28N4O3S2. The fourth-order valence-electron chi connectivity index (χ4n) is 3.00. The maximum Gasteiger partial charge on any atom is 0.244 e. The van der Waals surface area contributed by atoms with Gasteiger partial charge in [-0.15, -0.1) is 10.2 Å². The third-order valence-corrected chi connectivity index (χ3v) is 7.24. The van der Waals surface area contributed by atoms with Gasteiger partial charge in [0.2, 0.25) is 21.1 Å². The van der Waals surface area contributed by atoms with Gasteiger partial charge >= 0.3 is 0 Å². The summed E-state index contributed by atoms with van der Waals surface area (Å²) in [6.07, 6.45) is 6.97. The van der Waals surface area contributed by atoms with Gasteiger partial charge in [0, 0.05) is 13.0 Å². The Morgan fingerprint density at radius 1 is 1.24 bits per heavy atom. The van der Waals surface area contributed by atoms with Crippen LogP contribution in [0.25, 0.3) is 0 Å². The highest BCUT2D eigenvalue weighted by Gasteiger charge is 2.36. The number of piperidine rings is 1. The van der Waals surface area contributed by atoms with Crippen molar-refractivity contribution in [2.24, 2.45) is 0 Å². The standard InChI is InChI=1S/C16H28N4O3S2/c1-3-5-6-10-14-18-19-16(24-14)17-15(21)13-9-7-8-11-20(13)25(22,23)12-4-2/h13H,3-12H2,1-2H3,(H,17,19,21). The Labute approximate surface area is 154 Å². The van der Waals surface area contributed by atoms with Crippen molar-refractivity contribution in [3.05, 3.63) is 5.01 Å². The largest absolute Gasteiger partial charge is 0.299 e. The van der Waals surface area contributed by atoms with Crippen molar-refractivity contribution in [2.75, 3.05) is 17.6 Å². The van der Waals surface area contributed by atoms with Crippen molar-refractivity contribution >= 4 is 32.4 Å². The predicted molar refractivity (Wildman–Crippen MR) is 100 cm³/mol. The molecule has 7 nitrogen and oxygen atoms in total. The van der Waals surface area contributed by atoms with Gasteiger partial charge in [-0.05, 0) is 25.7 Å². The SMILES string of the molecule is CCCCCc1nnc(NC(=O)C2CCCCN2S(=O)(=O)CCC)s1. The van der Waals surface area contributed by atoms with Crippen molar-refractivity contribution in [1.82, 2.24) is 14.5 Å². The molecule has 0 aliphatic carbocycles. The zero-order valence-electron chi connectivity index (χ0n) is 15.0. The lowest BCUT2D eigenvalue weighted by atomic mass is 10.0. The number of rotatable bonds is 9. The summed E-state index contributed by atoms with van der Waals surface area (Å²) >= 11 is 1.37. The quantitative estimate of drug-likeness (QED) is 0.657. The number of aryl methyl sites for hydroxylation is 1. The summed E-state index contributed by atoms with van der Waals surface area (Å²) in [5.41, 5.74) is 0. The number of sulfonamides is 1. The number of nitrogens with one attached hydrogen (secondary N) is 1. The Bertz CT molecular complexity index is 660. The van der Waals surface area contributed by atoms with Gasteiger partial charge in [0.05, 0.1) is 5.75 Å². The maximum absolute atomic E-state index is 12.6. The molecule has 1 aliphatic rings. The van der Waals surface area contributed by atoms with Crippen LogP contribution in [-0.4, -0.2) is 47.2 Å². The number of aromatic nitrogens is 2.